The molecular weight excluding hydrogens is 428 g/mol. The molecule has 0 saturated carbocycles. The molecule has 1 heterocycles. The van der Waals surface area contributed by atoms with Gasteiger partial charge in [0.1, 0.15) is 5.75 Å². The Morgan fingerprint density at radius 3 is 2.50 bits per heavy atom. The molecule has 1 aliphatic heterocycles. The van der Waals surface area contributed by atoms with Crippen LogP contribution in [0.15, 0.2) is 48.5 Å². The first-order valence-electron chi connectivity index (χ1n) is 9.64. The lowest BCUT2D eigenvalue weighted by molar-refractivity contribution is -0.123. The first-order valence-corrected chi connectivity index (χ1v) is 11.9. The maximum atomic E-state index is 12.3. The van der Waals surface area contributed by atoms with Gasteiger partial charge in [-0.2, -0.15) is 0 Å². The van der Waals surface area contributed by atoms with E-state index in [4.69, 9.17) is 21.1 Å². The number of sulfonamides is 1. The summed E-state index contributed by atoms with van der Waals surface area (Å²) < 4.78 is 36.8. The maximum Gasteiger partial charge on any atom is 0.258 e. The van der Waals surface area contributed by atoms with E-state index in [-0.39, 0.29) is 25.2 Å². The molecule has 2 aromatic rings. The number of rotatable bonds is 9. The van der Waals surface area contributed by atoms with Crippen molar-refractivity contribution in [2.45, 2.75) is 25.5 Å². The molecule has 3 rings (SSSR count). The van der Waals surface area contributed by atoms with Crippen LogP contribution < -0.4 is 14.4 Å². The van der Waals surface area contributed by atoms with Gasteiger partial charge >= 0.3 is 0 Å². The SMILES string of the molecule is CS(=O)(=O)N(Cc1ccc(Cl)cc1)c1ccc(OCC(=O)NC[C@@H]2CCCO2)cc1. The van der Waals surface area contributed by atoms with E-state index in [0.717, 1.165) is 31.3 Å². The van der Waals surface area contributed by atoms with Gasteiger partial charge in [-0.1, -0.05) is 23.7 Å². The zero-order valence-corrected chi connectivity index (χ0v) is 18.3. The van der Waals surface area contributed by atoms with Crippen molar-refractivity contribution in [3.8, 4) is 5.75 Å². The Labute approximate surface area is 182 Å². The molecule has 0 unspecified atom stereocenters. The highest BCUT2D eigenvalue weighted by molar-refractivity contribution is 7.92. The van der Waals surface area contributed by atoms with E-state index in [1.165, 1.54) is 4.31 Å². The molecule has 9 heteroatoms. The Morgan fingerprint density at radius 2 is 1.90 bits per heavy atom. The van der Waals surface area contributed by atoms with Gasteiger partial charge in [-0.3, -0.25) is 9.10 Å². The molecule has 1 saturated heterocycles. The normalized spacial score (nSPS) is 16.3. The quantitative estimate of drug-likeness (QED) is 0.632. The van der Waals surface area contributed by atoms with Crippen molar-refractivity contribution >= 4 is 33.2 Å². The highest BCUT2D eigenvalue weighted by Gasteiger charge is 2.19. The summed E-state index contributed by atoms with van der Waals surface area (Å²) in [6, 6.07) is 13.6. The summed E-state index contributed by atoms with van der Waals surface area (Å²) in [6.07, 6.45) is 3.21. The van der Waals surface area contributed by atoms with Gasteiger partial charge in [0.2, 0.25) is 10.0 Å². The van der Waals surface area contributed by atoms with Gasteiger partial charge in [0.15, 0.2) is 6.61 Å². The first-order chi connectivity index (χ1) is 14.3. The van der Waals surface area contributed by atoms with Crippen LogP contribution in [0, 0.1) is 0 Å². The minimum Gasteiger partial charge on any atom is -0.484 e. The van der Waals surface area contributed by atoms with Gasteiger partial charge in [-0.15, -0.1) is 0 Å². The number of amides is 1. The van der Waals surface area contributed by atoms with Gasteiger partial charge in [-0.25, -0.2) is 8.42 Å². The molecule has 1 amide bonds. The van der Waals surface area contributed by atoms with E-state index in [1.807, 2.05) is 0 Å². The topological polar surface area (TPSA) is 84.9 Å². The monoisotopic (exact) mass is 452 g/mol. The molecule has 30 heavy (non-hydrogen) atoms. The summed E-state index contributed by atoms with van der Waals surface area (Å²) >= 11 is 5.90. The van der Waals surface area contributed by atoms with Crippen molar-refractivity contribution in [3.63, 3.8) is 0 Å². The van der Waals surface area contributed by atoms with Crippen molar-refractivity contribution in [2.24, 2.45) is 0 Å². The molecule has 1 fully saturated rings. The lowest BCUT2D eigenvalue weighted by Gasteiger charge is -2.23. The fourth-order valence-electron chi connectivity index (χ4n) is 3.10. The van der Waals surface area contributed by atoms with Crippen molar-refractivity contribution in [3.05, 3.63) is 59.1 Å². The van der Waals surface area contributed by atoms with E-state index >= 15 is 0 Å². The number of carbonyl (C=O) groups is 1. The zero-order valence-electron chi connectivity index (χ0n) is 16.7. The summed E-state index contributed by atoms with van der Waals surface area (Å²) in [6.45, 7) is 1.29. The largest absolute Gasteiger partial charge is 0.484 e. The van der Waals surface area contributed by atoms with Gasteiger partial charge in [-0.05, 0) is 54.8 Å². The van der Waals surface area contributed by atoms with Crippen LogP contribution in [0.25, 0.3) is 0 Å². The second kappa shape index (κ2) is 10.1. The molecular formula is C21H25ClN2O5S. The molecule has 0 aromatic heterocycles. The second-order valence-electron chi connectivity index (χ2n) is 7.12. The summed E-state index contributed by atoms with van der Waals surface area (Å²) in [5.41, 5.74) is 1.32. The molecule has 7 nitrogen and oxygen atoms in total. The molecule has 0 aliphatic carbocycles. The molecule has 1 N–H and O–H groups in total. The number of hydrogen-bond acceptors (Lipinski definition) is 5. The van der Waals surface area contributed by atoms with Gasteiger partial charge in [0.05, 0.1) is 24.6 Å². The number of hydrogen-bond donors (Lipinski definition) is 1. The van der Waals surface area contributed by atoms with Crippen LogP contribution in [-0.4, -0.2) is 46.4 Å². The summed E-state index contributed by atoms with van der Waals surface area (Å²) in [7, 11) is -3.50. The van der Waals surface area contributed by atoms with Crippen LogP contribution in [0.2, 0.25) is 5.02 Å². The second-order valence-corrected chi connectivity index (χ2v) is 9.46. The maximum absolute atomic E-state index is 12.3. The van der Waals surface area contributed by atoms with E-state index < -0.39 is 10.0 Å². The number of ether oxygens (including phenoxy) is 2. The van der Waals surface area contributed by atoms with Crippen molar-refractivity contribution in [2.75, 3.05) is 30.3 Å². The third kappa shape index (κ3) is 6.62. The van der Waals surface area contributed by atoms with E-state index in [0.29, 0.717) is 23.0 Å². The first kappa shape index (κ1) is 22.4. The third-order valence-electron chi connectivity index (χ3n) is 4.69. The number of nitrogens with zero attached hydrogens (tertiary/aromatic N) is 1. The summed E-state index contributed by atoms with van der Waals surface area (Å²) in [4.78, 5) is 11.9. The molecule has 0 bridgehead atoms. The molecule has 2 aromatic carbocycles. The Morgan fingerprint density at radius 1 is 1.20 bits per heavy atom. The molecule has 1 aliphatic rings. The van der Waals surface area contributed by atoms with Crippen LogP contribution in [-0.2, 0) is 26.1 Å². The van der Waals surface area contributed by atoms with Crippen LogP contribution in [0.1, 0.15) is 18.4 Å². The molecule has 1 atom stereocenters. The number of halogens is 1. The Kier molecular flexibility index (Phi) is 7.58. The van der Waals surface area contributed by atoms with Crippen LogP contribution in [0.3, 0.4) is 0 Å². The number of benzene rings is 2. The minimum absolute atomic E-state index is 0.0795. The molecule has 0 spiro atoms. The predicted molar refractivity (Wildman–Crippen MR) is 116 cm³/mol. The van der Waals surface area contributed by atoms with Gasteiger partial charge in [0.25, 0.3) is 5.91 Å². The Bertz CT molecular complexity index is 942. The van der Waals surface area contributed by atoms with Gasteiger partial charge in [0, 0.05) is 18.2 Å². The highest BCUT2D eigenvalue weighted by Crippen LogP contribution is 2.24. The van der Waals surface area contributed by atoms with E-state index in [2.05, 4.69) is 5.32 Å². The lowest BCUT2D eigenvalue weighted by Crippen LogP contribution is -2.35. The van der Waals surface area contributed by atoms with E-state index in [1.54, 1.807) is 48.5 Å². The lowest BCUT2D eigenvalue weighted by atomic mass is 10.2. The molecule has 162 valence electrons. The van der Waals surface area contributed by atoms with Crippen LogP contribution >= 0.6 is 11.6 Å². The number of anilines is 1. The van der Waals surface area contributed by atoms with Crippen LogP contribution in [0.5, 0.6) is 5.75 Å². The number of carbonyl (C=O) groups excluding carboxylic acids is 1. The minimum atomic E-state index is -3.50. The summed E-state index contributed by atoms with van der Waals surface area (Å²) in [5, 5.41) is 3.38. The average molecular weight is 453 g/mol. The number of nitrogens with one attached hydrogen (secondary N) is 1. The fourth-order valence-corrected chi connectivity index (χ4v) is 4.11. The van der Waals surface area contributed by atoms with E-state index in [9.17, 15) is 13.2 Å². The predicted octanol–water partition coefficient (Wildman–Crippen LogP) is 2.98. The Hall–Kier alpha value is -2.29. The third-order valence-corrected chi connectivity index (χ3v) is 6.08. The zero-order chi connectivity index (χ0) is 21.6. The Balaban J connectivity index is 1.57. The van der Waals surface area contributed by atoms with Gasteiger partial charge < -0.3 is 14.8 Å². The summed E-state index contributed by atoms with van der Waals surface area (Å²) in [5.74, 6) is 0.251. The highest BCUT2D eigenvalue weighted by atomic mass is 35.5. The van der Waals surface area contributed by atoms with Crippen LogP contribution in [0.4, 0.5) is 5.69 Å². The molecule has 0 radical (unpaired) electrons. The standard InChI is InChI=1S/C21H25ClN2O5S/c1-30(26,27)24(14-16-4-6-17(22)7-5-16)18-8-10-19(11-9-18)29-15-21(25)23-13-20-3-2-12-28-20/h4-11,20H,2-3,12-15H2,1H3,(H,23,25)/t20-/m0/s1. The van der Waals surface area contributed by atoms with Crippen molar-refractivity contribution < 1.29 is 22.7 Å². The fraction of sp³-hybridized carbons (Fsp3) is 0.381. The smallest absolute Gasteiger partial charge is 0.258 e. The van der Waals surface area contributed by atoms with Crippen molar-refractivity contribution in [1.82, 2.24) is 5.32 Å². The van der Waals surface area contributed by atoms with Crippen molar-refractivity contribution in [1.29, 1.82) is 0 Å². The average Bonchev–Trinajstić information content (AvgIpc) is 3.23.